The van der Waals surface area contributed by atoms with E-state index in [1.165, 1.54) is 5.69 Å². The Morgan fingerprint density at radius 1 is 1.23 bits per heavy atom. The summed E-state index contributed by atoms with van der Waals surface area (Å²) in [6.45, 7) is 8.80. The molecule has 0 aliphatic carbocycles. The fourth-order valence-electron chi connectivity index (χ4n) is 2.70. The summed E-state index contributed by atoms with van der Waals surface area (Å²) in [5.41, 5.74) is 1.98. The van der Waals surface area contributed by atoms with E-state index in [0.717, 1.165) is 31.6 Å². The van der Waals surface area contributed by atoms with Crippen LogP contribution in [0.5, 0.6) is 0 Å². The highest BCUT2D eigenvalue weighted by molar-refractivity contribution is 5.89. The number of hydrogen-bond donors (Lipinski definition) is 2. The van der Waals surface area contributed by atoms with Crippen LogP contribution in [0.2, 0.25) is 0 Å². The normalized spacial score (nSPS) is 21.5. The zero-order chi connectivity index (χ0) is 15.9. The Balaban J connectivity index is 1.88. The second-order valence-electron chi connectivity index (χ2n) is 5.94. The maximum Gasteiger partial charge on any atom is 0.319 e. The highest BCUT2D eigenvalue weighted by Crippen LogP contribution is 2.22. The van der Waals surface area contributed by atoms with Crippen LogP contribution < -0.4 is 15.5 Å². The second-order valence-corrected chi connectivity index (χ2v) is 5.94. The Hall–Kier alpha value is -1.75. The molecule has 1 aliphatic heterocycles. The zero-order valence-corrected chi connectivity index (χ0v) is 13.8. The first-order chi connectivity index (χ1) is 10.6. The van der Waals surface area contributed by atoms with E-state index < -0.39 is 0 Å². The van der Waals surface area contributed by atoms with Crippen LogP contribution in [0.1, 0.15) is 33.6 Å². The summed E-state index contributed by atoms with van der Waals surface area (Å²) in [5, 5.41) is 5.70. The monoisotopic (exact) mass is 305 g/mol. The van der Waals surface area contributed by atoms with Crippen LogP contribution in [0.4, 0.5) is 16.2 Å². The van der Waals surface area contributed by atoms with E-state index in [-0.39, 0.29) is 18.2 Å². The Bertz CT molecular complexity index is 465. The molecule has 0 radical (unpaired) electrons. The molecule has 2 rings (SSSR count). The summed E-state index contributed by atoms with van der Waals surface area (Å²) in [6.07, 6.45) is 2.56. The Labute approximate surface area is 133 Å². The number of ether oxygens (including phenoxy) is 1. The van der Waals surface area contributed by atoms with Crippen molar-refractivity contribution in [3.05, 3.63) is 24.3 Å². The molecule has 2 amide bonds. The van der Waals surface area contributed by atoms with Gasteiger partial charge in [0.2, 0.25) is 0 Å². The minimum absolute atomic E-state index is 0.144. The molecular formula is C17H27N3O2. The number of morpholine rings is 1. The number of amides is 2. The maximum absolute atomic E-state index is 11.7. The van der Waals surface area contributed by atoms with Gasteiger partial charge in [-0.05, 0) is 44.5 Å². The number of nitrogens with one attached hydrogen (secondary N) is 2. The number of anilines is 2. The minimum Gasteiger partial charge on any atom is -0.372 e. The maximum atomic E-state index is 11.7. The standard InChI is InChI=1S/C17H27N3O2/c1-4-5-10-18-17(21)19-15-6-8-16(9-7-15)20-11-13(2)22-14(3)12-20/h6-9,13-14H,4-5,10-12H2,1-3H3,(H2,18,19,21). The van der Waals surface area contributed by atoms with Gasteiger partial charge in [0.25, 0.3) is 0 Å². The van der Waals surface area contributed by atoms with Crippen molar-refractivity contribution in [2.45, 2.75) is 45.8 Å². The van der Waals surface area contributed by atoms with E-state index in [4.69, 9.17) is 4.74 Å². The van der Waals surface area contributed by atoms with E-state index in [1.807, 2.05) is 24.3 Å². The molecule has 1 aliphatic rings. The quantitative estimate of drug-likeness (QED) is 0.821. The highest BCUT2D eigenvalue weighted by atomic mass is 16.5. The SMILES string of the molecule is CCCCNC(=O)Nc1ccc(N2CC(C)OC(C)C2)cc1. The van der Waals surface area contributed by atoms with Crippen molar-refractivity contribution in [1.82, 2.24) is 5.32 Å². The Morgan fingerprint density at radius 2 is 1.86 bits per heavy atom. The van der Waals surface area contributed by atoms with Crippen LogP contribution in [-0.2, 0) is 4.74 Å². The summed E-state index contributed by atoms with van der Waals surface area (Å²) in [4.78, 5) is 14.0. The fourth-order valence-corrected chi connectivity index (χ4v) is 2.70. The number of rotatable bonds is 5. The van der Waals surface area contributed by atoms with Crippen LogP contribution >= 0.6 is 0 Å². The lowest BCUT2D eigenvalue weighted by atomic mass is 10.2. The first-order valence-electron chi connectivity index (χ1n) is 8.13. The third-order valence-electron chi connectivity index (χ3n) is 3.73. The van der Waals surface area contributed by atoms with Crippen molar-refractivity contribution in [1.29, 1.82) is 0 Å². The number of carbonyl (C=O) groups excluding carboxylic acids is 1. The van der Waals surface area contributed by atoms with Gasteiger partial charge in [-0.15, -0.1) is 0 Å². The Kier molecular flexibility index (Phi) is 6.07. The smallest absolute Gasteiger partial charge is 0.319 e. The summed E-state index contributed by atoms with van der Waals surface area (Å²) in [7, 11) is 0. The Morgan fingerprint density at radius 3 is 2.45 bits per heavy atom. The number of carbonyl (C=O) groups is 1. The molecule has 1 aromatic rings. The summed E-state index contributed by atoms with van der Waals surface area (Å²) in [5.74, 6) is 0. The van der Waals surface area contributed by atoms with Crippen LogP contribution in [0.3, 0.4) is 0 Å². The van der Waals surface area contributed by atoms with Crippen LogP contribution in [0, 0.1) is 0 Å². The van der Waals surface area contributed by atoms with Gasteiger partial charge in [0.1, 0.15) is 0 Å². The number of nitrogens with zero attached hydrogens (tertiary/aromatic N) is 1. The molecular weight excluding hydrogens is 278 g/mol. The molecule has 0 bridgehead atoms. The predicted molar refractivity (Wildman–Crippen MR) is 90.6 cm³/mol. The van der Waals surface area contributed by atoms with Gasteiger partial charge in [0.05, 0.1) is 12.2 Å². The van der Waals surface area contributed by atoms with Gasteiger partial charge in [0, 0.05) is 31.0 Å². The van der Waals surface area contributed by atoms with Crippen LogP contribution in [0.15, 0.2) is 24.3 Å². The average Bonchev–Trinajstić information content (AvgIpc) is 2.47. The molecule has 22 heavy (non-hydrogen) atoms. The van der Waals surface area contributed by atoms with Crippen LogP contribution in [0.25, 0.3) is 0 Å². The molecule has 122 valence electrons. The zero-order valence-electron chi connectivity index (χ0n) is 13.8. The molecule has 1 aromatic carbocycles. The number of urea groups is 1. The van der Waals surface area contributed by atoms with Gasteiger partial charge in [-0.3, -0.25) is 0 Å². The molecule has 0 saturated carbocycles. The van der Waals surface area contributed by atoms with Crippen molar-refractivity contribution < 1.29 is 9.53 Å². The molecule has 1 fully saturated rings. The van der Waals surface area contributed by atoms with E-state index >= 15 is 0 Å². The third kappa shape index (κ3) is 4.91. The van der Waals surface area contributed by atoms with E-state index in [2.05, 4.69) is 36.3 Å². The van der Waals surface area contributed by atoms with E-state index in [1.54, 1.807) is 0 Å². The minimum atomic E-state index is -0.144. The van der Waals surface area contributed by atoms with Crippen LogP contribution in [-0.4, -0.2) is 37.9 Å². The topological polar surface area (TPSA) is 53.6 Å². The number of hydrogen-bond acceptors (Lipinski definition) is 3. The van der Waals surface area contributed by atoms with Crippen molar-refractivity contribution in [2.75, 3.05) is 29.9 Å². The summed E-state index contributed by atoms with van der Waals surface area (Å²) >= 11 is 0. The molecule has 5 nitrogen and oxygen atoms in total. The first kappa shape index (κ1) is 16.6. The van der Waals surface area contributed by atoms with Crippen molar-refractivity contribution in [3.8, 4) is 0 Å². The van der Waals surface area contributed by atoms with E-state index in [9.17, 15) is 4.79 Å². The number of benzene rings is 1. The molecule has 1 heterocycles. The van der Waals surface area contributed by atoms with Gasteiger partial charge in [0.15, 0.2) is 0 Å². The molecule has 2 unspecified atom stereocenters. The lowest BCUT2D eigenvalue weighted by molar-refractivity contribution is -0.00521. The molecule has 2 atom stereocenters. The van der Waals surface area contributed by atoms with E-state index in [0.29, 0.717) is 6.54 Å². The lowest BCUT2D eigenvalue weighted by Gasteiger charge is -2.36. The van der Waals surface area contributed by atoms with Crippen molar-refractivity contribution in [3.63, 3.8) is 0 Å². The third-order valence-corrected chi connectivity index (χ3v) is 3.73. The predicted octanol–water partition coefficient (Wildman–Crippen LogP) is 3.22. The van der Waals surface area contributed by atoms with Gasteiger partial charge in [-0.1, -0.05) is 13.3 Å². The average molecular weight is 305 g/mol. The molecule has 1 saturated heterocycles. The molecule has 2 N–H and O–H groups in total. The van der Waals surface area contributed by atoms with Crippen molar-refractivity contribution in [2.24, 2.45) is 0 Å². The second kappa shape index (κ2) is 8.03. The summed E-state index contributed by atoms with van der Waals surface area (Å²) < 4.78 is 5.75. The van der Waals surface area contributed by atoms with Gasteiger partial charge in [-0.25, -0.2) is 4.79 Å². The van der Waals surface area contributed by atoms with Gasteiger partial charge < -0.3 is 20.3 Å². The molecule has 0 aromatic heterocycles. The van der Waals surface area contributed by atoms with Gasteiger partial charge in [-0.2, -0.15) is 0 Å². The lowest BCUT2D eigenvalue weighted by Crippen LogP contribution is -2.45. The molecule has 0 spiro atoms. The molecule has 5 heteroatoms. The highest BCUT2D eigenvalue weighted by Gasteiger charge is 2.22. The van der Waals surface area contributed by atoms with Gasteiger partial charge >= 0.3 is 6.03 Å². The number of unbranched alkanes of at least 4 members (excludes halogenated alkanes) is 1. The fraction of sp³-hybridized carbons (Fsp3) is 0.588. The summed E-state index contributed by atoms with van der Waals surface area (Å²) in [6, 6.07) is 7.84. The largest absolute Gasteiger partial charge is 0.372 e. The van der Waals surface area contributed by atoms with Crippen molar-refractivity contribution >= 4 is 17.4 Å². The first-order valence-corrected chi connectivity index (χ1v) is 8.13.